The highest BCUT2D eigenvalue weighted by Gasteiger charge is 2.27. The van der Waals surface area contributed by atoms with Crippen molar-refractivity contribution in [3.05, 3.63) is 60.2 Å². The molecule has 0 unspecified atom stereocenters. The maximum atomic E-state index is 13.1. The Morgan fingerprint density at radius 1 is 1.27 bits per heavy atom. The first-order chi connectivity index (χ1) is 12.7. The first kappa shape index (κ1) is 18.3. The van der Waals surface area contributed by atoms with Gasteiger partial charge in [0.25, 0.3) is 0 Å². The summed E-state index contributed by atoms with van der Waals surface area (Å²) in [5.41, 5.74) is 1.63. The lowest BCUT2D eigenvalue weighted by Crippen LogP contribution is -2.44. The third-order valence-electron chi connectivity index (χ3n) is 4.84. The van der Waals surface area contributed by atoms with Crippen LogP contribution in [-0.2, 0) is 6.54 Å². The van der Waals surface area contributed by atoms with Crippen molar-refractivity contribution in [3.63, 3.8) is 0 Å². The van der Waals surface area contributed by atoms with E-state index in [1.54, 1.807) is 24.5 Å². The molecule has 0 radical (unpaired) electrons. The van der Waals surface area contributed by atoms with Gasteiger partial charge in [-0.3, -0.25) is 9.88 Å². The van der Waals surface area contributed by atoms with E-state index in [9.17, 15) is 9.18 Å². The predicted molar refractivity (Wildman–Crippen MR) is 100 cm³/mol. The van der Waals surface area contributed by atoms with Crippen LogP contribution in [0.5, 0.6) is 0 Å². The Morgan fingerprint density at radius 3 is 2.69 bits per heavy atom. The molecule has 26 heavy (non-hydrogen) atoms. The lowest BCUT2D eigenvalue weighted by Gasteiger charge is -2.30. The Morgan fingerprint density at radius 2 is 2.00 bits per heavy atom. The van der Waals surface area contributed by atoms with Gasteiger partial charge in [-0.05, 0) is 67.9 Å². The maximum Gasteiger partial charge on any atom is 0.322 e. The number of carbonyl (C=O) groups is 1. The smallest absolute Gasteiger partial charge is 0.319 e. The maximum absolute atomic E-state index is 13.1. The molecule has 0 spiro atoms. The number of rotatable bonds is 6. The molecule has 2 amide bonds. The fraction of sp³-hybridized carbons (Fsp3) is 0.400. The molecular weight excluding hydrogens is 331 g/mol. The van der Waals surface area contributed by atoms with Gasteiger partial charge in [0.05, 0.1) is 0 Å². The number of amides is 2. The fourth-order valence-electron chi connectivity index (χ4n) is 3.44. The number of aromatic nitrogens is 1. The predicted octanol–water partition coefficient (Wildman–Crippen LogP) is 3.74. The molecule has 1 aliphatic rings. The highest BCUT2D eigenvalue weighted by atomic mass is 19.1. The second kappa shape index (κ2) is 8.76. The Kier molecular flexibility index (Phi) is 6.17. The van der Waals surface area contributed by atoms with E-state index in [0.29, 0.717) is 24.8 Å². The first-order valence-electron chi connectivity index (χ1n) is 9.10. The standard InChI is InChI=1S/C20H25FN4O/c1-2-24-13-3-4-19(24)15-25(14-16-9-11-22-12-10-16)20(26)23-18-7-5-17(21)6-8-18/h5-12,19H,2-4,13-15H2,1H3,(H,23,26)/t19-/m0/s1. The van der Waals surface area contributed by atoms with Crippen molar-refractivity contribution in [1.29, 1.82) is 0 Å². The number of hydrogen-bond acceptors (Lipinski definition) is 3. The summed E-state index contributed by atoms with van der Waals surface area (Å²) in [6.45, 7) is 5.42. The average Bonchev–Trinajstić information content (AvgIpc) is 3.11. The van der Waals surface area contributed by atoms with Gasteiger partial charge in [-0.15, -0.1) is 0 Å². The zero-order valence-electron chi connectivity index (χ0n) is 15.1. The van der Waals surface area contributed by atoms with Crippen molar-refractivity contribution in [2.45, 2.75) is 32.4 Å². The van der Waals surface area contributed by atoms with Gasteiger partial charge in [0.2, 0.25) is 0 Å². The van der Waals surface area contributed by atoms with Crippen LogP contribution in [0.4, 0.5) is 14.9 Å². The second-order valence-electron chi connectivity index (χ2n) is 6.60. The average molecular weight is 356 g/mol. The monoisotopic (exact) mass is 356 g/mol. The Balaban J connectivity index is 1.72. The lowest BCUT2D eigenvalue weighted by molar-refractivity contribution is 0.175. The van der Waals surface area contributed by atoms with Crippen LogP contribution in [0.15, 0.2) is 48.8 Å². The van der Waals surface area contributed by atoms with Gasteiger partial charge in [-0.1, -0.05) is 6.92 Å². The number of urea groups is 1. The summed E-state index contributed by atoms with van der Waals surface area (Å²) < 4.78 is 13.1. The minimum Gasteiger partial charge on any atom is -0.319 e. The summed E-state index contributed by atoms with van der Waals surface area (Å²) >= 11 is 0. The molecule has 138 valence electrons. The number of likely N-dealkylation sites (N-methyl/N-ethyl adjacent to an activating group) is 1. The number of anilines is 1. The summed E-state index contributed by atoms with van der Waals surface area (Å²) in [6, 6.07) is 9.89. The van der Waals surface area contributed by atoms with Gasteiger partial charge in [0, 0.05) is 37.2 Å². The first-order valence-corrected chi connectivity index (χ1v) is 9.10. The third-order valence-corrected chi connectivity index (χ3v) is 4.84. The molecule has 1 aromatic heterocycles. The van der Waals surface area contributed by atoms with E-state index in [0.717, 1.165) is 25.1 Å². The summed E-state index contributed by atoms with van der Waals surface area (Å²) in [5.74, 6) is -0.318. The van der Waals surface area contributed by atoms with Crippen molar-refractivity contribution >= 4 is 11.7 Å². The summed E-state index contributed by atoms with van der Waals surface area (Å²) in [4.78, 5) is 21.2. The number of carbonyl (C=O) groups excluding carboxylic acids is 1. The van der Waals surface area contributed by atoms with Crippen LogP contribution in [0.2, 0.25) is 0 Å². The van der Waals surface area contributed by atoms with Gasteiger partial charge in [-0.25, -0.2) is 9.18 Å². The van der Waals surface area contributed by atoms with Crippen molar-refractivity contribution in [3.8, 4) is 0 Å². The van der Waals surface area contributed by atoms with E-state index >= 15 is 0 Å². The number of hydrogen-bond donors (Lipinski definition) is 1. The van der Waals surface area contributed by atoms with Crippen LogP contribution in [0.25, 0.3) is 0 Å². The highest BCUT2D eigenvalue weighted by Crippen LogP contribution is 2.19. The number of halogens is 1. The molecule has 1 N–H and O–H groups in total. The van der Waals surface area contributed by atoms with E-state index in [1.165, 1.54) is 18.6 Å². The second-order valence-corrected chi connectivity index (χ2v) is 6.60. The number of benzene rings is 1. The topological polar surface area (TPSA) is 48.5 Å². The molecule has 1 atom stereocenters. The zero-order chi connectivity index (χ0) is 18.4. The molecule has 1 aliphatic heterocycles. The minimum atomic E-state index is -0.318. The molecule has 0 aliphatic carbocycles. The van der Waals surface area contributed by atoms with E-state index in [-0.39, 0.29) is 11.8 Å². The van der Waals surface area contributed by atoms with E-state index < -0.39 is 0 Å². The highest BCUT2D eigenvalue weighted by molar-refractivity contribution is 5.89. The van der Waals surface area contributed by atoms with Gasteiger partial charge < -0.3 is 10.2 Å². The quantitative estimate of drug-likeness (QED) is 0.858. The number of nitrogens with zero attached hydrogens (tertiary/aromatic N) is 3. The van der Waals surface area contributed by atoms with E-state index in [1.807, 2.05) is 17.0 Å². The van der Waals surface area contributed by atoms with Crippen LogP contribution in [-0.4, -0.2) is 46.5 Å². The molecule has 5 nitrogen and oxygen atoms in total. The lowest BCUT2D eigenvalue weighted by atomic mass is 10.2. The molecule has 1 fully saturated rings. The van der Waals surface area contributed by atoms with Gasteiger partial charge in [-0.2, -0.15) is 0 Å². The molecular formula is C20H25FN4O. The van der Waals surface area contributed by atoms with Crippen molar-refractivity contribution in [2.75, 3.05) is 25.0 Å². The Labute approximate surface area is 153 Å². The third kappa shape index (κ3) is 4.79. The molecule has 1 saturated heterocycles. The largest absolute Gasteiger partial charge is 0.322 e. The summed E-state index contributed by atoms with van der Waals surface area (Å²) in [5, 5.41) is 2.88. The zero-order valence-corrected chi connectivity index (χ0v) is 15.1. The van der Waals surface area contributed by atoms with E-state index in [4.69, 9.17) is 0 Å². The minimum absolute atomic E-state index is 0.170. The van der Waals surface area contributed by atoms with E-state index in [2.05, 4.69) is 22.1 Å². The summed E-state index contributed by atoms with van der Waals surface area (Å²) in [7, 11) is 0. The molecule has 3 rings (SSSR count). The summed E-state index contributed by atoms with van der Waals surface area (Å²) in [6.07, 6.45) is 5.74. The van der Waals surface area contributed by atoms with Gasteiger partial charge in [0.1, 0.15) is 5.82 Å². The van der Waals surface area contributed by atoms with Crippen molar-refractivity contribution < 1.29 is 9.18 Å². The molecule has 2 heterocycles. The van der Waals surface area contributed by atoms with Gasteiger partial charge >= 0.3 is 6.03 Å². The fourth-order valence-corrected chi connectivity index (χ4v) is 3.44. The van der Waals surface area contributed by atoms with Crippen LogP contribution in [0, 0.1) is 5.82 Å². The van der Waals surface area contributed by atoms with Crippen LogP contribution < -0.4 is 5.32 Å². The van der Waals surface area contributed by atoms with Crippen molar-refractivity contribution in [1.82, 2.24) is 14.8 Å². The number of pyridine rings is 1. The Bertz CT molecular complexity index is 708. The molecule has 6 heteroatoms. The number of nitrogens with one attached hydrogen (secondary N) is 1. The molecule has 2 aromatic rings. The number of likely N-dealkylation sites (tertiary alicyclic amines) is 1. The molecule has 0 bridgehead atoms. The van der Waals surface area contributed by atoms with Crippen molar-refractivity contribution in [2.24, 2.45) is 0 Å². The van der Waals surface area contributed by atoms with Gasteiger partial charge in [0.15, 0.2) is 0 Å². The SMILES string of the molecule is CCN1CCC[C@H]1CN(Cc1ccncc1)C(=O)Nc1ccc(F)cc1. The molecule has 1 aromatic carbocycles. The molecule has 0 saturated carbocycles. The van der Waals surface area contributed by atoms with Crippen LogP contribution in [0.3, 0.4) is 0 Å². The van der Waals surface area contributed by atoms with Crippen LogP contribution in [0.1, 0.15) is 25.3 Å². The van der Waals surface area contributed by atoms with Crippen LogP contribution >= 0.6 is 0 Å². The Hall–Kier alpha value is -2.47. The normalized spacial score (nSPS) is 17.2.